The van der Waals surface area contributed by atoms with Crippen molar-refractivity contribution in [2.45, 2.75) is 59.3 Å². The van der Waals surface area contributed by atoms with Gasteiger partial charge >= 0.3 is 0 Å². The van der Waals surface area contributed by atoms with Gasteiger partial charge in [0, 0.05) is 37.5 Å². The molecule has 0 atom stereocenters. The Balaban J connectivity index is 0.000000234. The standard InChI is InChI=1S/C30H30N.C11H6F2N.Ir/c1-18-8-9-21(14-19(18)2)28-27-24(12-13-31-28)25-16-20-10-11-23(29(3,4)5)15-22(20)17-26(25)30(27,6)7;12-9-3-1-8(2-4-9)11-6-5-10(13)7-14-11;/h8,10-17H,1-7H3;1,3-7H;/q2*-1;. The van der Waals surface area contributed by atoms with Crippen LogP contribution in [-0.4, -0.2) is 9.97 Å². The molecule has 0 unspecified atom stereocenters. The van der Waals surface area contributed by atoms with Crippen molar-refractivity contribution in [1.29, 1.82) is 0 Å². The summed E-state index contributed by atoms with van der Waals surface area (Å²) in [7, 11) is 0. The van der Waals surface area contributed by atoms with Gasteiger partial charge in [-0.05, 0) is 79.7 Å². The molecule has 0 aliphatic heterocycles. The van der Waals surface area contributed by atoms with Crippen molar-refractivity contribution in [3.8, 4) is 33.6 Å². The van der Waals surface area contributed by atoms with Crippen LogP contribution in [0.1, 0.15) is 62.4 Å². The molecule has 2 heterocycles. The van der Waals surface area contributed by atoms with Crippen LogP contribution < -0.4 is 0 Å². The molecule has 0 amide bonds. The maximum Gasteiger partial charge on any atom is 0.139 e. The smallest absolute Gasteiger partial charge is 0.139 e. The molecular weight excluding hydrogens is 751 g/mol. The molecule has 0 saturated heterocycles. The molecule has 235 valence electrons. The predicted octanol–water partition coefficient (Wildman–Crippen LogP) is 10.7. The van der Waals surface area contributed by atoms with E-state index in [0.717, 1.165) is 17.5 Å². The summed E-state index contributed by atoms with van der Waals surface area (Å²) >= 11 is 0. The Kier molecular flexibility index (Phi) is 9.14. The Morgan fingerprint density at radius 1 is 0.696 bits per heavy atom. The summed E-state index contributed by atoms with van der Waals surface area (Å²) < 4.78 is 25.1. The third-order valence-electron chi connectivity index (χ3n) is 8.84. The van der Waals surface area contributed by atoms with Crippen molar-refractivity contribution in [1.82, 2.24) is 9.97 Å². The van der Waals surface area contributed by atoms with Gasteiger partial charge in [-0.15, -0.1) is 64.7 Å². The molecule has 6 aromatic rings. The van der Waals surface area contributed by atoms with E-state index in [1.807, 2.05) is 6.20 Å². The van der Waals surface area contributed by atoms with Crippen LogP contribution in [0.5, 0.6) is 0 Å². The fraction of sp³-hybridized carbons (Fsp3) is 0.220. The van der Waals surface area contributed by atoms with E-state index in [1.54, 1.807) is 6.07 Å². The van der Waals surface area contributed by atoms with Gasteiger partial charge in [-0.2, -0.15) is 0 Å². The van der Waals surface area contributed by atoms with E-state index in [0.29, 0.717) is 11.3 Å². The number of aryl methyl sites for hydroxylation is 2. The number of fused-ring (bicyclic) bond motifs is 4. The molecular formula is C41H36F2IrN2-2. The van der Waals surface area contributed by atoms with E-state index >= 15 is 0 Å². The first kappa shape index (κ1) is 33.3. The SMILES string of the molecule is Cc1c[c-]c(-c2nccc3c2C(C)(C)c2cc4cc(C(C)(C)C)ccc4cc2-3)cc1C.Fc1c[c-]c(-c2ccc(F)cn2)cc1.[Ir]. The fourth-order valence-electron chi connectivity index (χ4n) is 6.07. The van der Waals surface area contributed by atoms with Crippen molar-refractivity contribution in [2.75, 3.05) is 0 Å². The Hall–Kier alpha value is -4.05. The van der Waals surface area contributed by atoms with E-state index in [9.17, 15) is 8.78 Å². The molecule has 0 saturated carbocycles. The molecule has 0 N–H and O–H groups in total. The van der Waals surface area contributed by atoms with Crippen molar-refractivity contribution in [3.05, 3.63) is 143 Å². The van der Waals surface area contributed by atoms with Crippen LogP contribution in [0.3, 0.4) is 0 Å². The summed E-state index contributed by atoms with van der Waals surface area (Å²) in [6.07, 6.45) is 3.07. The molecule has 7 rings (SSSR count). The van der Waals surface area contributed by atoms with Crippen LogP contribution in [0.4, 0.5) is 8.78 Å². The normalized spacial score (nSPS) is 12.9. The number of aromatic nitrogens is 2. The fourth-order valence-corrected chi connectivity index (χ4v) is 6.07. The molecule has 0 bridgehead atoms. The largest absolute Gasteiger partial charge is 0.304 e. The van der Waals surface area contributed by atoms with E-state index < -0.39 is 5.82 Å². The van der Waals surface area contributed by atoms with Crippen LogP contribution in [0.15, 0.2) is 91.3 Å². The predicted molar refractivity (Wildman–Crippen MR) is 180 cm³/mol. The van der Waals surface area contributed by atoms with Crippen LogP contribution >= 0.6 is 0 Å². The van der Waals surface area contributed by atoms with Gasteiger partial charge in [0.25, 0.3) is 0 Å². The topological polar surface area (TPSA) is 25.8 Å². The number of pyridine rings is 2. The zero-order valence-electron chi connectivity index (χ0n) is 27.1. The zero-order chi connectivity index (χ0) is 32.1. The molecule has 0 spiro atoms. The second kappa shape index (κ2) is 12.6. The van der Waals surface area contributed by atoms with E-state index in [-0.39, 0.29) is 36.8 Å². The van der Waals surface area contributed by atoms with Gasteiger partial charge in [-0.25, -0.2) is 4.39 Å². The number of benzene rings is 4. The molecule has 1 radical (unpaired) electrons. The van der Waals surface area contributed by atoms with Gasteiger partial charge in [0.05, 0.1) is 6.20 Å². The first-order chi connectivity index (χ1) is 21.3. The van der Waals surface area contributed by atoms with E-state index in [4.69, 9.17) is 4.98 Å². The summed E-state index contributed by atoms with van der Waals surface area (Å²) in [4.78, 5) is 8.70. The first-order valence-electron chi connectivity index (χ1n) is 15.2. The van der Waals surface area contributed by atoms with Crippen molar-refractivity contribution in [3.63, 3.8) is 0 Å². The summed E-state index contributed by atoms with van der Waals surface area (Å²) in [6, 6.07) is 31.3. The summed E-state index contributed by atoms with van der Waals surface area (Å²) in [5, 5.41) is 2.62. The third-order valence-corrected chi connectivity index (χ3v) is 8.84. The third kappa shape index (κ3) is 6.32. The molecule has 5 heteroatoms. The zero-order valence-corrected chi connectivity index (χ0v) is 29.5. The molecule has 2 aromatic heterocycles. The van der Waals surface area contributed by atoms with Gasteiger partial charge in [-0.1, -0.05) is 72.7 Å². The van der Waals surface area contributed by atoms with Gasteiger partial charge in [0.2, 0.25) is 0 Å². The van der Waals surface area contributed by atoms with Crippen LogP contribution in [0.25, 0.3) is 44.4 Å². The van der Waals surface area contributed by atoms with Crippen molar-refractivity contribution < 1.29 is 28.9 Å². The van der Waals surface area contributed by atoms with Gasteiger partial charge < -0.3 is 9.97 Å². The minimum Gasteiger partial charge on any atom is -0.304 e. The summed E-state index contributed by atoms with van der Waals surface area (Å²) in [6.45, 7) is 15.8. The molecule has 0 fully saturated rings. The number of halogens is 2. The average molecular weight is 787 g/mol. The second-order valence-corrected chi connectivity index (χ2v) is 13.4. The maximum absolute atomic E-state index is 12.6. The molecule has 1 aliphatic carbocycles. The number of nitrogens with zero attached hydrogens (tertiary/aromatic N) is 2. The maximum atomic E-state index is 12.6. The summed E-state index contributed by atoms with van der Waals surface area (Å²) in [5.41, 5.74) is 12.6. The molecule has 2 nitrogen and oxygen atoms in total. The number of hydrogen-bond acceptors (Lipinski definition) is 2. The van der Waals surface area contributed by atoms with E-state index in [1.165, 1.54) is 74.0 Å². The number of rotatable bonds is 2. The molecule has 4 aromatic carbocycles. The number of hydrogen-bond donors (Lipinski definition) is 0. The minimum absolute atomic E-state index is 0. The van der Waals surface area contributed by atoms with Gasteiger partial charge in [0.1, 0.15) is 5.82 Å². The molecule has 1 aliphatic rings. The second-order valence-electron chi connectivity index (χ2n) is 13.4. The van der Waals surface area contributed by atoms with Crippen LogP contribution in [0, 0.1) is 37.6 Å². The first-order valence-corrected chi connectivity index (χ1v) is 15.2. The van der Waals surface area contributed by atoms with Crippen molar-refractivity contribution >= 4 is 10.8 Å². The van der Waals surface area contributed by atoms with Crippen LogP contribution in [-0.2, 0) is 30.9 Å². The van der Waals surface area contributed by atoms with Crippen LogP contribution in [0.2, 0.25) is 0 Å². The van der Waals surface area contributed by atoms with Gasteiger partial charge in [-0.3, -0.25) is 4.39 Å². The Morgan fingerprint density at radius 3 is 2.09 bits per heavy atom. The Morgan fingerprint density at radius 2 is 1.43 bits per heavy atom. The Labute approximate surface area is 284 Å². The summed E-state index contributed by atoms with van der Waals surface area (Å²) in [5.74, 6) is -0.744. The molecule has 46 heavy (non-hydrogen) atoms. The monoisotopic (exact) mass is 787 g/mol. The van der Waals surface area contributed by atoms with E-state index in [2.05, 4.69) is 114 Å². The van der Waals surface area contributed by atoms with Gasteiger partial charge in [0.15, 0.2) is 0 Å². The Bertz CT molecular complexity index is 2000. The average Bonchev–Trinajstić information content (AvgIpc) is 3.23. The minimum atomic E-state index is -0.393. The van der Waals surface area contributed by atoms with Crippen molar-refractivity contribution in [2.24, 2.45) is 0 Å². The quantitative estimate of drug-likeness (QED) is 0.163.